The fourth-order valence-electron chi connectivity index (χ4n) is 2.65. The lowest BCUT2D eigenvalue weighted by Gasteiger charge is -2.07. The summed E-state index contributed by atoms with van der Waals surface area (Å²) in [6.45, 7) is 8.42. The Morgan fingerprint density at radius 3 is 2.65 bits per heavy atom. The quantitative estimate of drug-likeness (QED) is 0.587. The average Bonchev–Trinajstić information content (AvgIpc) is 2.90. The lowest BCUT2D eigenvalue weighted by atomic mass is 10.0. The van der Waals surface area contributed by atoms with Gasteiger partial charge in [0, 0.05) is 21.5 Å². The number of rotatable bonds is 4. The molecule has 2 heterocycles. The van der Waals surface area contributed by atoms with Gasteiger partial charge in [-0.3, -0.25) is 9.36 Å². The third-order valence-electron chi connectivity index (χ3n) is 3.65. The van der Waals surface area contributed by atoms with E-state index in [1.165, 1.54) is 4.88 Å². The number of hydrogen-bond donors (Lipinski definition) is 0. The number of fused-ring (bicyclic) bond motifs is 1. The highest BCUT2D eigenvalue weighted by atomic mass is 79.9. The topological polar surface area (TPSA) is 34.9 Å². The van der Waals surface area contributed by atoms with Crippen LogP contribution < -0.4 is 5.56 Å². The first-order valence-corrected chi connectivity index (χ1v) is 9.03. The molecule has 0 radical (unpaired) electrons. The maximum atomic E-state index is 12.9. The van der Waals surface area contributed by atoms with Gasteiger partial charge in [-0.25, -0.2) is 4.98 Å². The number of aryl methyl sites for hydroxylation is 1. The molecular weight excluding hydrogens is 372 g/mol. The largest absolute Gasteiger partial charge is 0.295 e. The Bertz CT molecular complexity index is 938. The second-order valence-electron chi connectivity index (χ2n) is 5.58. The number of hydrogen-bond acceptors (Lipinski definition) is 3. The van der Waals surface area contributed by atoms with Crippen molar-refractivity contribution in [2.24, 2.45) is 0 Å². The zero-order valence-electron chi connectivity index (χ0n) is 13.1. The Balaban J connectivity index is 2.32. The van der Waals surface area contributed by atoms with Crippen LogP contribution in [0.4, 0.5) is 0 Å². The normalized spacial score (nSPS) is 11.1. The van der Waals surface area contributed by atoms with Crippen molar-refractivity contribution in [1.82, 2.24) is 9.55 Å². The van der Waals surface area contributed by atoms with Crippen LogP contribution in [0.2, 0.25) is 0 Å². The highest BCUT2D eigenvalue weighted by molar-refractivity contribution is 9.10. The van der Waals surface area contributed by atoms with E-state index in [4.69, 9.17) is 0 Å². The van der Waals surface area contributed by atoms with Crippen LogP contribution >= 0.6 is 27.3 Å². The average molecular weight is 389 g/mol. The van der Waals surface area contributed by atoms with E-state index < -0.39 is 0 Å². The second-order valence-corrected chi connectivity index (χ2v) is 7.57. The van der Waals surface area contributed by atoms with Gasteiger partial charge in [-0.05, 0) is 31.0 Å². The summed E-state index contributed by atoms with van der Waals surface area (Å²) in [5, 5.41) is 0.720. The van der Waals surface area contributed by atoms with Gasteiger partial charge in [-0.15, -0.1) is 11.3 Å². The molecule has 2 aromatic heterocycles. The Labute approximate surface area is 147 Å². The molecule has 5 heteroatoms. The molecule has 3 aromatic rings. The molecule has 23 heavy (non-hydrogen) atoms. The van der Waals surface area contributed by atoms with Gasteiger partial charge >= 0.3 is 0 Å². The number of allylic oxidation sites excluding steroid dienone is 1. The van der Waals surface area contributed by atoms with Gasteiger partial charge < -0.3 is 0 Å². The van der Waals surface area contributed by atoms with Gasteiger partial charge in [0.2, 0.25) is 0 Å². The standard InChI is InChI=1S/C18H17BrN2OS/c1-4-14-15(12-5-7-13(19)8-6-12)16-17(23-14)20-10-21(18(16)22)9-11(2)3/h5-8,10H,2,4,9H2,1,3H3. The molecule has 3 rings (SSSR count). The van der Waals surface area contributed by atoms with E-state index in [0.717, 1.165) is 37.8 Å². The lowest BCUT2D eigenvalue weighted by Crippen LogP contribution is -2.20. The van der Waals surface area contributed by atoms with Gasteiger partial charge in [-0.2, -0.15) is 0 Å². The van der Waals surface area contributed by atoms with E-state index in [9.17, 15) is 4.79 Å². The first-order chi connectivity index (χ1) is 11.0. The Morgan fingerprint density at radius 2 is 2.04 bits per heavy atom. The summed E-state index contributed by atoms with van der Waals surface area (Å²) in [6.07, 6.45) is 2.51. The van der Waals surface area contributed by atoms with Crippen LogP contribution in [-0.4, -0.2) is 9.55 Å². The molecule has 0 aliphatic heterocycles. The van der Waals surface area contributed by atoms with Crippen molar-refractivity contribution in [1.29, 1.82) is 0 Å². The predicted octanol–water partition coefficient (Wildman–Crippen LogP) is 5.03. The maximum Gasteiger partial charge on any atom is 0.263 e. The summed E-state index contributed by atoms with van der Waals surface area (Å²) in [5.41, 5.74) is 3.02. The Morgan fingerprint density at radius 1 is 1.35 bits per heavy atom. The molecular formula is C18H17BrN2OS. The SMILES string of the molecule is C=C(C)Cn1cnc2sc(CC)c(-c3ccc(Br)cc3)c2c1=O. The summed E-state index contributed by atoms with van der Waals surface area (Å²) in [4.78, 5) is 19.4. The third-order valence-corrected chi connectivity index (χ3v) is 5.42. The Hall–Kier alpha value is -1.72. The summed E-state index contributed by atoms with van der Waals surface area (Å²) in [6, 6.07) is 8.09. The second kappa shape index (κ2) is 6.42. The zero-order chi connectivity index (χ0) is 16.6. The van der Waals surface area contributed by atoms with Crippen molar-refractivity contribution >= 4 is 37.5 Å². The number of halogens is 1. The third kappa shape index (κ3) is 3.03. The minimum Gasteiger partial charge on any atom is -0.295 e. The molecule has 3 nitrogen and oxygen atoms in total. The van der Waals surface area contributed by atoms with Crippen molar-refractivity contribution in [3.8, 4) is 11.1 Å². The molecule has 118 valence electrons. The summed E-state index contributed by atoms with van der Waals surface area (Å²) >= 11 is 5.07. The van der Waals surface area contributed by atoms with Crippen molar-refractivity contribution in [3.63, 3.8) is 0 Å². The summed E-state index contributed by atoms with van der Waals surface area (Å²) in [5.74, 6) is 0. The Kier molecular flexibility index (Phi) is 4.50. The number of benzene rings is 1. The van der Waals surface area contributed by atoms with Gasteiger partial charge in [0.1, 0.15) is 4.83 Å². The van der Waals surface area contributed by atoms with E-state index in [-0.39, 0.29) is 5.56 Å². The molecule has 0 saturated heterocycles. The fourth-order valence-corrected chi connectivity index (χ4v) is 4.00. The highest BCUT2D eigenvalue weighted by Gasteiger charge is 2.18. The number of thiophene rings is 1. The fraction of sp³-hybridized carbons (Fsp3) is 0.222. The summed E-state index contributed by atoms with van der Waals surface area (Å²) in [7, 11) is 0. The molecule has 0 aliphatic rings. The van der Waals surface area contributed by atoms with Gasteiger partial charge in [0.15, 0.2) is 0 Å². The monoisotopic (exact) mass is 388 g/mol. The van der Waals surface area contributed by atoms with Crippen molar-refractivity contribution < 1.29 is 0 Å². The molecule has 0 unspecified atom stereocenters. The van der Waals surface area contributed by atoms with Crippen molar-refractivity contribution in [2.75, 3.05) is 0 Å². The molecule has 0 fully saturated rings. The molecule has 0 atom stereocenters. The summed E-state index contributed by atoms with van der Waals surface area (Å²) < 4.78 is 2.66. The van der Waals surface area contributed by atoms with E-state index in [2.05, 4.69) is 34.4 Å². The van der Waals surface area contributed by atoms with Crippen molar-refractivity contribution in [3.05, 3.63) is 62.4 Å². The minimum atomic E-state index is 0.00636. The van der Waals surface area contributed by atoms with Crippen LogP contribution in [0, 0.1) is 0 Å². The number of nitrogens with zero attached hydrogens (tertiary/aromatic N) is 2. The molecule has 0 amide bonds. The highest BCUT2D eigenvalue weighted by Crippen LogP contribution is 2.36. The van der Waals surface area contributed by atoms with Crippen molar-refractivity contribution in [2.45, 2.75) is 26.8 Å². The molecule has 0 saturated carbocycles. The van der Waals surface area contributed by atoms with Gasteiger partial charge in [-0.1, -0.05) is 47.1 Å². The molecule has 0 bridgehead atoms. The smallest absolute Gasteiger partial charge is 0.263 e. The molecule has 0 N–H and O–H groups in total. The van der Waals surface area contributed by atoms with E-state index in [0.29, 0.717) is 6.54 Å². The van der Waals surface area contributed by atoms with Gasteiger partial charge in [0.25, 0.3) is 5.56 Å². The zero-order valence-corrected chi connectivity index (χ0v) is 15.5. The number of aromatic nitrogens is 2. The van der Waals surface area contributed by atoms with Crippen LogP contribution in [0.1, 0.15) is 18.7 Å². The molecule has 1 aromatic carbocycles. The maximum absolute atomic E-state index is 12.9. The van der Waals surface area contributed by atoms with E-state index in [1.807, 2.05) is 31.2 Å². The first kappa shape index (κ1) is 16.1. The van der Waals surface area contributed by atoms with Crippen LogP contribution in [0.5, 0.6) is 0 Å². The first-order valence-electron chi connectivity index (χ1n) is 7.42. The van der Waals surface area contributed by atoms with Crippen LogP contribution in [0.3, 0.4) is 0 Å². The van der Waals surface area contributed by atoms with E-state index in [1.54, 1.807) is 22.2 Å². The van der Waals surface area contributed by atoms with Crippen LogP contribution in [-0.2, 0) is 13.0 Å². The van der Waals surface area contributed by atoms with Crippen LogP contribution in [0.25, 0.3) is 21.3 Å². The predicted molar refractivity (Wildman–Crippen MR) is 101 cm³/mol. The van der Waals surface area contributed by atoms with Crippen LogP contribution in [0.15, 0.2) is 52.0 Å². The van der Waals surface area contributed by atoms with E-state index >= 15 is 0 Å². The molecule has 0 spiro atoms. The minimum absolute atomic E-state index is 0.00636. The van der Waals surface area contributed by atoms with Gasteiger partial charge in [0.05, 0.1) is 11.7 Å². The lowest BCUT2D eigenvalue weighted by molar-refractivity contribution is 0.739. The molecule has 0 aliphatic carbocycles.